The molecule has 98 valence electrons. The van der Waals surface area contributed by atoms with Crippen molar-refractivity contribution in [3.8, 4) is 0 Å². The number of carbonyl (C=O) groups excluding carboxylic acids is 1. The Morgan fingerprint density at radius 3 is 2.59 bits per heavy atom. The van der Waals surface area contributed by atoms with Crippen LogP contribution in [0.5, 0.6) is 0 Å². The number of rotatable bonds is 7. The van der Waals surface area contributed by atoms with E-state index in [1.165, 1.54) is 17.7 Å². The quantitative estimate of drug-likeness (QED) is 0.713. The van der Waals surface area contributed by atoms with Gasteiger partial charge in [0.2, 0.25) is 0 Å². The van der Waals surface area contributed by atoms with E-state index in [0.717, 1.165) is 12.3 Å². The molecule has 0 aromatic carbocycles. The highest BCUT2D eigenvalue weighted by Crippen LogP contribution is 2.33. The van der Waals surface area contributed by atoms with Gasteiger partial charge in [0, 0.05) is 19.1 Å². The molecule has 5 nitrogen and oxygen atoms in total. The SMILES string of the molecule is CCN(CCC(=O)O)C(=O)NC(C)CC1CC1. The molecule has 5 heteroatoms. The predicted molar refractivity (Wildman–Crippen MR) is 64.8 cm³/mol. The van der Waals surface area contributed by atoms with Crippen molar-refractivity contribution in [2.45, 2.75) is 45.6 Å². The Kier molecular flexibility index (Phi) is 5.25. The smallest absolute Gasteiger partial charge is 0.317 e. The highest BCUT2D eigenvalue weighted by Gasteiger charge is 2.25. The maximum Gasteiger partial charge on any atom is 0.317 e. The summed E-state index contributed by atoms with van der Waals surface area (Å²) in [6, 6.07) is 0.0239. The van der Waals surface area contributed by atoms with Gasteiger partial charge in [-0.3, -0.25) is 4.79 Å². The Labute approximate surface area is 102 Å². The molecule has 1 aliphatic carbocycles. The number of nitrogens with one attached hydrogen (secondary N) is 1. The average molecular weight is 242 g/mol. The van der Waals surface area contributed by atoms with E-state index in [0.29, 0.717) is 6.54 Å². The van der Waals surface area contributed by atoms with Crippen LogP contribution in [0.1, 0.15) is 39.5 Å². The third kappa shape index (κ3) is 5.56. The molecule has 0 aliphatic heterocycles. The molecule has 0 saturated heterocycles. The molecule has 1 rings (SSSR count). The zero-order valence-corrected chi connectivity index (χ0v) is 10.6. The largest absolute Gasteiger partial charge is 0.481 e. The van der Waals surface area contributed by atoms with Crippen LogP contribution in [-0.4, -0.2) is 41.1 Å². The van der Waals surface area contributed by atoms with E-state index in [9.17, 15) is 9.59 Å². The van der Waals surface area contributed by atoms with Gasteiger partial charge >= 0.3 is 12.0 Å². The number of nitrogens with zero attached hydrogens (tertiary/aromatic N) is 1. The summed E-state index contributed by atoms with van der Waals surface area (Å²) in [7, 11) is 0. The summed E-state index contributed by atoms with van der Waals surface area (Å²) in [5, 5.41) is 11.5. The minimum absolute atomic E-state index is 0.00172. The molecule has 1 saturated carbocycles. The number of hydrogen-bond donors (Lipinski definition) is 2. The van der Waals surface area contributed by atoms with Crippen molar-refractivity contribution in [3.63, 3.8) is 0 Å². The van der Waals surface area contributed by atoms with Gasteiger partial charge in [-0.15, -0.1) is 0 Å². The number of carboxylic acid groups (broad SMARTS) is 1. The zero-order chi connectivity index (χ0) is 12.8. The topological polar surface area (TPSA) is 69.6 Å². The van der Waals surface area contributed by atoms with Gasteiger partial charge in [0.1, 0.15) is 0 Å². The lowest BCUT2D eigenvalue weighted by Gasteiger charge is -2.23. The fourth-order valence-electron chi connectivity index (χ4n) is 1.85. The average Bonchev–Trinajstić information content (AvgIpc) is 3.01. The number of urea groups is 1. The second-order valence-electron chi connectivity index (χ2n) is 4.75. The molecule has 2 N–H and O–H groups in total. The molecule has 1 atom stereocenters. The van der Waals surface area contributed by atoms with Crippen LogP contribution in [0.25, 0.3) is 0 Å². The molecule has 0 bridgehead atoms. The highest BCUT2D eigenvalue weighted by molar-refractivity contribution is 5.75. The zero-order valence-electron chi connectivity index (χ0n) is 10.6. The second kappa shape index (κ2) is 6.47. The monoisotopic (exact) mass is 242 g/mol. The first-order chi connectivity index (χ1) is 8.02. The molecule has 0 radical (unpaired) electrons. The molecule has 0 spiro atoms. The summed E-state index contributed by atoms with van der Waals surface area (Å²) in [6.45, 7) is 4.66. The fraction of sp³-hybridized carbons (Fsp3) is 0.833. The predicted octanol–water partition coefficient (Wildman–Crippen LogP) is 1.68. The van der Waals surface area contributed by atoms with Crippen molar-refractivity contribution < 1.29 is 14.7 Å². The first-order valence-corrected chi connectivity index (χ1v) is 6.30. The summed E-state index contributed by atoms with van der Waals surface area (Å²) < 4.78 is 0. The van der Waals surface area contributed by atoms with Crippen LogP contribution in [0.4, 0.5) is 4.79 Å². The third-order valence-electron chi connectivity index (χ3n) is 3.02. The lowest BCUT2D eigenvalue weighted by atomic mass is 10.2. The van der Waals surface area contributed by atoms with Crippen molar-refractivity contribution >= 4 is 12.0 Å². The van der Waals surface area contributed by atoms with E-state index in [1.807, 2.05) is 13.8 Å². The van der Waals surface area contributed by atoms with Gasteiger partial charge < -0.3 is 15.3 Å². The highest BCUT2D eigenvalue weighted by atomic mass is 16.4. The third-order valence-corrected chi connectivity index (χ3v) is 3.02. The van der Waals surface area contributed by atoms with Crippen molar-refractivity contribution in [1.29, 1.82) is 0 Å². The van der Waals surface area contributed by atoms with E-state index < -0.39 is 5.97 Å². The first-order valence-electron chi connectivity index (χ1n) is 6.30. The second-order valence-corrected chi connectivity index (χ2v) is 4.75. The molecule has 0 aromatic rings. The van der Waals surface area contributed by atoms with Gasteiger partial charge in [-0.25, -0.2) is 4.79 Å². The van der Waals surface area contributed by atoms with Crippen LogP contribution in [0.15, 0.2) is 0 Å². The van der Waals surface area contributed by atoms with Gasteiger partial charge in [0.15, 0.2) is 0 Å². The van der Waals surface area contributed by atoms with Crippen molar-refractivity contribution in [2.24, 2.45) is 5.92 Å². The Morgan fingerprint density at radius 1 is 1.47 bits per heavy atom. The van der Waals surface area contributed by atoms with Crippen LogP contribution >= 0.6 is 0 Å². The van der Waals surface area contributed by atoms with E-state index in [4.69, 9.17) is 5.11 Å². The summed E-state index contributed by atoms with van der Waals surface area (Å²) in [5.41, 5.74) is 0. The van der Waals surface area contributed by atoms with Gasteiger partial charge in [0.05, 0.1) is 6.42 Å². The minimum Gasteiger partial charge on any atom is -0.481 e. The van der Waals surface area contributed by atoms with Gasteiger partial charge in [-0.1, -0.05) is 12.8 Å². The molecule has 2 amide bonds. The Morgan fingerprint density at radius 2 is 2.12 bits per heavy atom. The van der Waals surface area contributed by atoms with E-state index in [1.54, 1.807) is 0 Å². The molecule has 1 unspecified atom stereocenters. The standard InChI is InChI=1S/C12H22N2O3/c1-3-14(7-6-11(15)16)12(17)13-9(2)8-10-4-5-10/h9-10H,3-8H2,1-2H3,(H,13,17)(H,15,16). The van der Waals surface area contributed by atoms with E-state index >= 15 is 0 Å². The Bertz CT molecular complexity index is 277. The van der Waals surface area contributed by atoms with Crippen molar-refractivity contribution in [2.75, 3.05) is 13.1 Å². The number of aliphatic carboxylic acids is 1. The molecule has 0 heterocycles. The van der Waals surface area contributed by atoms with Gasteiger partial charge in [0.25, 0.3) is 0 Å². The number of hydrogen-bond acceptors (Lipinski definition) is 2. The normalized spacial score (nSPS) is 16.4. The summed E-state index contributed by atoms with van der Waals surface area (Å²) >= 11 is 0. The Balaban J connectivity index is 2.28. The van der Waals surface area contributed by atoms with Crippen LogP contribution in [0, 0.1) is 5.92 Å². The first kappa shape index (κ1) is 13.8. The summed E-state index contributed by atoms with van der Waals surface area (Å²) in [5.74, 6) is -0.0957. The Hall–Kier alpha value is -1.26. The number of amides is 2. The van der Waals surface area contributed by atoms with Gasteiger partial charge in [-0.2, -0.15) is 0 Å². The molecule has 17 heavy (non-hydrogen) atoms. The minimum atomic E-state index is -0.873. The fourth-order valence-corrected chi connectivity index (χ4v) is 1.85. The molecular formula is C12H22N2O3. The summed E-state index contributed by atoms with van der Waals surface area (Å²) in [6.07, 6.45) is 3.58. The lowest BCUT2D eigenvalue weighted by molar-refractivity contribution is -0.137. The van der Waals surface area contributed by atoms with Gasteiger partial charge in [-0.05, 0) is 26.2 Å². The van der Waals surface area contributed by atoms with E-state index in [2.05, 4.69) is 5.32 Å². The molecule has 0 aromatic heterocycles. The van der Waals surface area contributed by atoms with Crippen molar-refractivity contribution in [1.82, 2.24) is 10.2 Å². The van der Waals surface area contributed by atoms with Crippen LogP contribution < -0.4 is 5.32 Å². The maximum atomic E-state index is 11.8. The molecular weight excluding hydrogens is 220 g/mol. The van der Waals surface area contributed by atoms with E-state index in [-0.39, 0.29) is 25.0 Å². The number of carboxylic acids is 1. The summed E-state index contributed by atoms with van der Waals surface area (Å²) in [4.78, 5) is 23.8. The van der Waals surface area contributed by atoms with Crippen molar-refractivity contribution in [3.05, 3.63) is 0 Å². The van der Waals surface area contributed by atoms with Crippen LogP contribution in [0.3, 0.4) is 0 Å². The van der Waals surface area contributed by atoms with Crippen LogP contribution in [-0.2, 0) is 4.79 Å². The number of carbonyl (C=O) groups is 2. The van der Waals surface area contributed by atoms with Crippen LogP contribution in [0.2, 0.25) is 0 Å². The molecule has 1 aliphatic rings. The maximum absolute atomic E-state index is 11.8. The lowest BCUT2D eigenvalue weighted by Crippen LogP contribution is -2.44. The molecule has 1 fully saturated rings.